The van der Waals surface area contributed by atoms with E-state index in [2.05, 4.69) is 30.4 Å². The molecule has 0 saturated heterocycles. The summed E-state index contributed by atoms with van der Waals surface area (Å²) in [6, 6.07) is 8.40. The minimum atomic E-state index is 0.276. The highest BCUT2D eigenvalue weighted by atomic mass is 35.5. The van der Waals surface area contributed by atoms with E-state index in [1.165, 1.54) is 31.2 Å². The van der Waals surface area contributed by atoms with Gasteiger partial charge in [0.05, 0.1) is 6.61 Å². The molecule has 1 aliphatic rings. The molecule has 0 atom stereocenters. The first-order chi connectivity index (χ1) is 9.70. The SMILES string of the molecule is CCCC1CC(CNCCOC)(c2cccc(Cl)c2)C1. The third-order valence-electron chi connectivity index (χ3n) is 4.44. The quantitative estimate of drug-likeness (QED) is 0.731. The number of hydrogen-bond donors (Lipinski definition) is 1. The second kappa shape index (κ2) is 7.44. The molecular weight excluding hydrogens is 270 g/mol. The number of benzene rings is 1. The third kappa shape index (κ3) is 3.75. The van der Waals surface area contributed by atoms with Crippen molar-refractivity contribution in [2.45, 2.75) is 38.0 Å². The van der Waals surface area contributed by atoms with E-state index >= 15 is 0 Å². The Labute approximate surface area is 127 Å². The van der Waals surface area contributed by atoms with E-state index in [0.717, 1.165) is 30.6 Å². The molecule has 112 valence electrons. The maximum Gasteiger partial charge on any atom is 0.0587 e. The predicted octanol–water partition coefficient (Wildman–Crippen LogP) is 4.02. The van der Waals surface area contributed by atoms with Crippen molar-refractivity contribution in [2.24, 2.45) is 5.92 Å². The van der Waals surface area contributed by atoms with E-state index in [1.807, 2.05) is 6.07 Å². The van der Waals surface area contributed by atoms with Crippen molar-refractivity contribution in [2.75, 3.05) is 26.8 Å². The summed E-state index contributed by atoms with van der Waals surface area (Å²) in [4.78, 5) is 0. The van der Waals surface area contributed by atoms with Crippen LogP contribution < -0.4 is 5.32 Å². The van der Waals surface area contributed by atoms with Crippen LogP contribution >= 0.6 is 11.6 Å². The van der Waals surface area contributed by atoms with Gasteiger partial charge in [-0.1, -0.05) is 43.5 Å². The number of rotatable bonds is 8. The van der Waals surface area contributed by atoms with Crippen molar-refractivity contribution in [3.05, 3.63) is 34.9 Å². The Hall–Kier alpha value is -0.570. The summed E-state index contributed by atoms with van der Waals surface area (Å²) in [6.07, 6.45) is 5.19. The summed E-state index contributed by atoms with van der Waals surface area (Å²) in [5.41, 5.74) is 1.67. The highest BCUT2D eigenvalue weighted by molar-refractivity contribution is 6.30. The molecule has 1 aliphatic carbocycles. The minimum absolute atomic E-state index is 0.276. The zero-order valence-corrected chi connectivity index (χ0v) is 13.4. The molecule has 3 heteroatoms. The molecule has 0 bridgehead atoms. The lowest BCUT2D eigenvalue weighted by molar-refractivity contribution is 0.123. The van der Waals surface area contributed by atoms with E-state index < -0.39 is 0 Å². The van der Waals surface area contributed by atoms with Crippen LogP contribution in [0.4, 0.5) is 0 Å². The number of ether oxygens (including phenoxy) is 1. The van der Waals surface area contributed by atoms with Gasteiger partial charge in [-0.05, 0) is 36.5 Å². The van der Waals surface area contributed by atoms with Crippen LogP contribution in [0.3, 0.4) is 0 Å². The number of nitrogens with one attached hydrogen (secondary N) is 1. The molecule has 0 heterocycles. The molecule has 1 N–H and O–H groups in total. The first-order valence-corrected chi connectivity index (χ1v) is 8.03. The van der Waals surface area contributed by atoms with Crippen molar-refractivity contribution in [3.63, 3.8) is 0 Å². The fraction of sp³-hybridized carbons (Fsp3) is 0.647. The van der Waals surface area contributed by atoms with Crippen molar-refractivity contribution < 1.29 is 4.74 Å². The second-order valence-electron chi connectivity index (χ2n) is 6.02. The lowest BCUT2D eigenvalue weighted by Gasteiger charge is -2.49. The highest BCUT2D eigenvalue weighted by Gasteiger charge is 2.44. The largest absolute Gasteiger partial charge is 0.383 e. The van der Waals surface area contributed by atoms with Gasteiger partial charge >= 0.3 is 0 Å². The summed E-state index contributed by atoms with van der Waals surface area (Å²) < 4.78 is 5.11. The average Bonchev–Trinajstić information content (AvgIpc) is 2.40. The first-order valence-electron chi connectivity index (χ1n) is 7.66. The topological polar surface area (TPSA) is 21.3 Å². The number of methoxy groups -OCH3 is 1. The van der Waals surface area contributed by atoms with Gasteiger partial charge in [-0.25, -0.2) is 0 Å². The van der Waals surface area contributed by atoms with Crippen LogP contribution in [-0.2, 0) is 10.2 Å². The lowest BCUT2D eigenvalue weighted by atomic mass is 9.57. The van der Waals surface area contributed by atoms with Gasteiger partial charge in [-0.2, -0.15) is 0 Å². The highest BCUT2D eigenvalue weighted by Crippen LogP contribution is 2.49. The van der Waals surface area contributed by atoms with E-state index in [-0.39, 0.29) is 5.41 Å². The van der Waals surface area contributed by atoms with E-state index in [9.17, 15) is 0 Å². The van der Waals surface area contributed by atoms with Gasteiger partial charge in [0.15, 0.2) is 0 Å². The fourth-order valence-corrected chi connectivity index (χ4v) is 3.65. The van der Waals surface area contributed by atoms with Gasteiger partial charge in [0.2, 0.25) is 0 Å². The molecular formula is C17H26ClNO. The molecule has 20 heavy (non-hydrogen) atoms. The molecule has 0 aliphatic heterocycles. The van der Waals surface area contributed by atoms with Gasteiger partial charge in [0.1, 0.15) is 0 Å². The Kier molecular flexibility index (Phi) is 5.88. The van der Waals surface area contributed by atoms with Crippen LogP contribution in [0.2, 0.25) is 5.02 Å². The summed E-state index contributed by atoms with van der Waals surface area (Å²) >= 11 is 6.17. The van der Waals surface area contributed by atoms with E-state index in [1.54, 1.807) is 7.11 Å². The monoisotopic (exact) mass is 295 g/mol. The molecule has 1 aromatic carbocycles. The van der Waals surface area contributed by atoms with Crippen LogP contribution in [-0.4, -0.2) is 26.8 Å². The Balaban J connectivity index is 2.02. The molecule has 0 unspecified atom stereocenters. The second-order valence-corrected chi connectivity index (χ2v) is 6.46. The van der Waals surface area contributed by atoms with Gasteiger partial charge in [-0.3, -0.25) is 0 Å². The Morgan fingerprint density at radius 3 is 2.85 bits per heavy atom. The maximum atomic E-state index is 6.17. The van der Waals surface area contributed by atoms with Crippen molar-refractivity contribution >= 4 is 11.6 Å². The van der Waals surface area contributed by atoms with Crippen LogP contribution in [0.25, 0.3) is 0 Å². The molecule has 1 aromatic rings. The zero-order valence-electron chi connectivity index (χ0n) is 12.6. The molecule has 1 saturated carbocycles. The molecule has 0 spiro atoms. The molecule has 2 nitrogen and oxygen atoms in total. The molecule has 1 fully saturated rings. The fourth-order valence-electron chi connectivity index (χ4n) is 3.46. The number of hydrogen-bond acceptors (Lipinski definition) is 2. The average molecular weight is 296 g/mol. The summed E-state index contributed by atoms with van der Waals surface area (Å²) in [7, 11) is 1.75. The van der Waals surface area contributed by atoms with E-state index in [0.29, 0.717) is 0 Å². The first kappa shape index (κ1) is 15.8. The normalized spacial score (nSPS) is 25.4. The molecule has 0 amide bonds. The van der Waals surface area contributed by atoms with E-state index in [4.69, 9.17) is 16.3 Å². The zero-order chi connectivity index (χ0) is 14.4. The summed E-state index contributed by atoms with van der Waals surface area (Å²) in [5, 5.41) is 4.39. The maximum absolute atomic E-state index is 6.17. The molecule has 0 aromatic heterocycles. The Morgan fingerprint density at radius 1 is 1.40 bits per heavy atom. The third-order valence-corrected chi connectivity index (χ3v) is 4.67. The Bertz CT molecular complexity index is 415. The van der Waals surface area contributed by atoms with Crippen LogP contribution in [0.15, 0.2) is 24.3 Å². The number of halogens is 1. The van der Waals surface area contributed by atoms with Crippen molar-refractivity contribution in [3.8, 4) is 0 Å². The lowest BCUT2D eigenvalue weighted by Crippen LogP contribution is -2.49. The predicted molar refractivity (Wildman–Crippen MR) is 85.5 cm³/mol. The molecule has 2 rings (SSSR count). The standard InChI is InChI=1S/C17H26ClNO/c1-3-5-14-11-17(12-14,13-19-8-9-20-2)15-6-4-7-16(18)10-15/h4,6-7,10,14,19H,3,5,8-9,11-13H2,1-2H3. The smallest absolute Gasteiger partial charge is 0.0587 e. The molecule has 0 radical (unpaired) electrons. The van der Waals surface area contributed by atoms with Crippen molar-refractivity contribution in [1.29, 1.82) is 0 Å². The van der Waals surface area contributed by atoms with Gasteiger partial charge in [0.25, 0.3) is 0 Å². The van der Waals surface area contributed by atoms with Gasteiger partial charge in [-0.15, -0.1) is 0 Å². The van der Waals surface area contributed by atoms with Crippen LogP contribution in [0.1, 0.15) is 38.2 Å². The summed E-state index contributed by atoms with van der Waals surface area (Å²) in [5.74, 6) is 0.878. The summed E-state index contributed by atoms with van der Waals surface area (Å²) in [6.45, 7) is 4.98. The van der Waals surface area contributed by atoms with Gasteiger partial charge in [0, 0.05) is 30.6 Å². The van der Waals surface area contributed by atoms with Gasteiger partial charge < -0.3 is 10.1 Å². The van der Waals surface area contributed by atoms with Crippen molar-refractivity contribution in [1.82, 2.24) is 5.32 Å². The minimum Gasteiger partial charge on any atom is -0.383 e. The van der Waals surface area contributed by atoms with Crippen LogP contribution in [0.5, 0.6) is 0 Å². The van der Waals surface area contributed by atoms with Crippen LogP contribution in [0, 0.1) is 5.92 Å². The Morgan fingerprint density at radius 2 is 2.20 bits per heavy atom.